The number of aliphatic hydroxyl groups is 2. The quantitative estimate of drug-likeness (QED) is 0.381. The molecule has 5 heteroatoms. The summed E-state index contributed by atoms with van der Waals surface area (Å²) in [6.45, 7) is 2.17. The molecule has 2 aliphatic rings. The Morgan fingerprint density at radius 2 is 2.00 bits per heavy atom. The zero-order valence-corrected chi connectivity index (χ0v) is 17.4. The lowest BCUT2D eigenvalue weighted by atomic mass is 9.89. The summed E-state index contributed by atoms with van der Waals surface area (Å²) in [5, 5.41) is 24.2. The Kier molecular flexibility index (Phi) is 9.27. The number of fused-ring (bicyclic) bond motifs is 1. The predicted molar refractivity (Wildman–Crippen MR) is 109 cm³/mol. The highest BCUT2D eigenvalue weighted by molar-refractivity contribution is 5.75. The monoisotopic (exact) mass is 380 g/mol. The minimum atomic E-state index is -0.387. The van der Waals surface area contributed by atoms with Gasteiger partial charge in [0.1, 0.15) is 0 Å². The van der Waals surface area contributed by atoms with Crippen molar-refractivity contribution in [1.29, 1.82) is 0 Å². The molecule has 6 atom stereocenters. The van der Waals surface area contributed by atoms with Crippen molar-refractivity contribution in [2.45, 2.75) is 95.4 Å². The molecule has 1 amide bonds. The lowest BCUT2D eigenvalue weighted by Crippen LogP contribution is -2.30. The highest BCUT2D eigenvalue weighted by Crippen LogP contribution is 2.41. The zero-order valence-electron chi connectivity index (χ0n) is 17.4. The summed E-state index contributed by atoms with van der Waals surface area (Å²) in [6.07, 6.45) is 13.1. The molecule has 1 saturated heterocycles. The Bertz CT molecular complexity index is 480. The molecule has 5 nitrogen and oxygen atoms in total. The van der Waals surface area contributed by atoms with Gasteiger partial charge in [0.25, 0.3) is 0 Å². The SMILES string of the molecule is CCCCC[C@H](O)/C=C/[C@@H]1[C@H]2C[C@H](CCCCC(=O)N(C)C)N[C@H]2C[C@H]1O. The van der Waals surface area contributed by atoms with E-state index < -0.39 is 0 Å². The van der Waals surface area contributed by atoms with Gasteiger partial charge >= 0.3 is 0 Å². The molecule has 1 aliphatic heterocycles. The molecule has 2 fully saturated rings. The smallest absolute Gasteiger partial charge is 0.222 e. The fourth-order valence-electron chi connectivity index (χ4n) is 4.68. The van der Waals surface area contributed by atoms with Crippen LogP contribution in [0.5, 0.6) is 0 Å². The summed E-state index contributed by atoms with van der Waals surface area (Å²) in [5.74, 6) is 0.827. The molecule has 3 N–H and O–H groups in total. The molecule has 0 aromatic heterocycles. The van der Waals surface area contributed by atoms with Gasteiger partial charge in [-0.3, -0.25) is 4.79 Å². The molecule has 0 bridgehead atoms. The number of carbonyl (C=O) groups excluding carboxylic acids is 1. The van der Waals surface area contributed by atoms with Crippen molar-refractivity contribution in [3.63, 3.8) is 0 Å². The Morgan fingerprint density at radius 1 is 1.22 bits per heavy atom. The third kappa shape index (κ3) is 6.88. The van der Waals surface area contributed by atoms with Gasteiger partial charge in [-0.2, -0.15) is 0 Å². The number of amides is 1. The molecule has 0 unspecified atom stereocenters. The largest absolute Gasteiger partial charge is 0.392 e. The lowest BCUT2D eigenvalue weighted by Gasteiger charge is -2.19. The molecule has 1 aliphatic carbocycles. The third-order valence-electron chi connectivity index (χ3n) is 6.31. The molecule has 2 rings (SSSR count). The van der Waals surface area contributed by atoms with Crippen LogP contribution in [0.2, 0.25) is 0 Å². The summed E-state index contributed by atoms with van der Waals surface area (Å²) in [7, 11) is 3.61. The van der Waals surface area contributed by atoms with Crippen molar-refractivity contribution in [2.24, 2.45) is 11.8 Å². The highest BCUT2D eigenvalue weighted by Gasteiger charge is 2.46. The number of rotatable bonds is 11. The molecule has 1 heterocycles. The maximum absolute atomic E-state index is 11.6. The van der Waals surface area contributed by atoms with Gasteiger partial charge in [-0.05, 0) is 38.0 Å². The maximum atomic E-state index is 11.6. The predicted octanol–water partition coefficient (Wildman–Crippen LogP) is 2.86. The van der Waals surface area contributed by atoms with E-state index in [0.29, 0.717) is 24.4 Å². The molecular weight excluding hydrogens is 340 g/mol. The maximum Gasteiger partial charge on any atom is 0.222 e. The first kappa shape index (κ1) is 22.4. The van der Waals surface area contributed by atoms with E-state index in [1.807, 2.05) is 20.2 Å². The number of hydrogen-bond acceptors (Lipinski definition) is 4. The van der Waals surface area contributed by atoms with Crippen LogP contribution in [-0.2, 0) is 4.79 Å². The van der Waals surface area contributed by atoms with Crippen LogP contribution in [0.25, 0.3) is 0 Å². The number of hydrogen-bond donors (Lipinski definition) is 3. The van der Waals surface area contributed by atoms with Crippen molar-refractivity contribution in [3.05, 3.63) is 12.2 Å². The summed E-state index contributed by atoms with van der Waals surface area (Å²) in [6, 6.07) is 0.882. The van der Waals surface area contributed by atoms with Gasteiger partial charge < -0.3 is 20.4 Å². The average Bonchev–Trinajstić information content (AvgIpc) is 3.13. The number of nitrogens with one attached hydrogen (secondary N) is 1. The summed E-state index contributed by atoms with van der Waals surface area (Å²) < 4.78 is 0. The van der Waals surface area contributed by atoms with Gasteiger partial charge in [-0.25, -0.2) is 0 Å². The summed E-state index contributed by atoms with van der Waals surface area (Å²) in [5.41, 5.74) is 0. The second kappa shape index (κ2) is 11.2. The van der Waals surface area contributed by atoms with Gasteiger partial charge in [-0.1, -0.05) is 44.8 Å². The van der Waals surface area contributed by atoms with Crippen molar-refractivity contribution in [2.75, 3.05) is 14.1 Å². The average molecular weight is 381 g/mol. The van der Waals surface area contributed by atoms with E-state index in [4.69, 9.17) is 0 Å². The Morgan fingerprint density at radius 3 is 2.70 bits per heavy atom. The molecule has 27 heavy (non-hydrogen) atoms. The van der Waals surface area contributed by atoms with Gasteiger partial charge in [0.2, 0.25) is 5.91 Å². The first-order valence-corrected chi connectivity index (χ1v) is 10.9. The van der Waals surface area contributed by atoms with Crippen molar-refractivity contribution >= 4 is 5.91 Å². The minimum Gasteiger partial charge on any atom is -0.392 e. The molecule has 0 aromatic carbocycles. The van der Waals surface area contributed by atoms with Gasteiger partial charge in [0.15, 0.2) is 0 Å². The zero-order chi connectivity index (χ0) is 19.8. The van der Waals surface area contributed by atoms with E-state index >= 15 is 0 Å². The normalized spacial score (nSPS) is 31.4. The summed E-state index contributed by atoms with van der Waals surface area (Å²) >= 11 is 0. The van der Waals surface area contributed by atoms with Crippen LogP contribution >= 0.6 is 0 Å². The van der Waals surface area contributed by atoms with Crippen LogP contribution < -0.4 is 5.32 Å². The molecule has 0 radical (unpaired) electrons. The van der Waals surface area contributed by atoms with Crippen molar-refractivity contribution in [3.8, 4) is 0 Å². The van der Waals surface area contributed by atoms with E-state index in [2.05, 4.69) is 18.3 Å². The molecule has 0 aromatic rings. The van der Waals surface area contributed by atoms with Crippen LogP contribution in [0.15, 0.2) is 12.2 Å². The fourth-order valence-corrected chi connectivity index (χ4v) is 4.68. The van der Waals surface area contributed by atoms with Crippen LogP contribution in [0, 0.1) is 11.8 Å². The lowest BCUT2D eigenvalue weighted by molar-refractivity contribution is -0.128. The second-order valence-corrected chi connectivity index (χ2v) is 8.73. The number of carbonyl (C=O) groups is 1. The van der Waals surface area contributed by atoms with Gasteiger partial charge in [0, 0.05) is 38.5 Å². The Balaban J connectivity index is 1.73. The minimum absolute atomic E-state index is 0.156. The fraction of sp³-hybridized carbons (Fsp3) is 0.864. The number of nitrogens with zero attached hydrogens (tertiary/aromatic N) is 1. The van der Waals surface area contributed by atoms with Crippen molar-refractivity contribution in [1.82, 2.24) is 10.2 Å². The molecule has 1 saturated carbocycles. The summed E-state index contributed by atoms with van der Waals surface area (Å²) in [4.78, 5) is 13.3. The second-order valence-electron chi connectivity index (χ2n) is 8.73. The molecule has 156 valence electrons. The van der Waals surface area contributed by atoms with Crippen LogP contribution in [-0.4, -0.2) is 59.4 Å². The van der Waals surface area contributed by atoms with Gasteiger partial charge in [0.05, 0.1) is 12.2 Å². The van der Waals surface area contributed by atoms with Crippen LogP contribution in [0.1, 0.15) is 71.1 Å². The highest BCUT2D eigenvalue weighted by atomic mass is 16.3. The number of unbranched alkanes of at least 4 members (excludes halogenated alkanes) is 3. The topological polar surface area (TPSA) is 72.8 Å². The molecule has 0 spiro atoms. The van der Waals surface area contributed by atoms with Gasteiger partial charge in [-0.15, -0.1) is 0 Å². The third-order valence-corrected chi connectivity index (χ3v) is 6.31. The van der Waals surface area contributed by atoms with Crippen LogP contribution in [0.3, 0.4) is 0 Å². The van der Waals surface area contributed by atoms with E-state index in [0.717, 1.165) is 57.8 Å². The number of aliphatic hydroxyl groups excluding tert-OH is 2. The van der Waals surface area contributed by atoms with Crippen molar-refractivity contribution < 1.29 is 15.0 Å². The Hall–Kier alpha value is -0.910. The van der Waals surface area contributed by atoms with E-state index in [-0.39, 0.29) is 24.0 Å². The first-order chi connectivity index (χ1) is 12.9. The van der Waals surface area contributed by atoms with E-state index in [9.17, 15) is 15.0 Å². The van der Waals surface area contributed by atoms with E-state index in [1.54, 1.807) is 4.90 Å². The first-order valence-electron chi connectivity index (χ1n) is 10.9. The van der Waals surface area contributed by atoms with E-state index in [1.165, 1.54) is 0 Å². The Labute approximate surface area is 165 Å². The standard InChI is InChI=1S/C22H40N2O3/c1-4-5-6-10-17(25)12-13-18-19-14-16(23-20(19)15-21(18)26)9-7-8-11-22(27)24(2)3/h12-13,16-21,23,25-26H,4-11,14-15H2,1-3H3/b13-12+/t16-,17-,18+,19+,20-,21+/m0/s1. The molecular formula is C22H40N2O3. The van der Waals surface area contributed by atoms with Crippen LogP contribution in [0.4, 0.5) is 0 Å².